The summed E-state index contributed by atoms with van der Waals surface area (Å²) < 4.78 is 51.7. The molecule has 0 bridgehead atoms. The van der Waals surface area contributed by atoms with Crippen LogP contribution in [0.15, 0.2) is 16.6 Å². The van der Waals surface area contributed by atoms with Crippen LogP contribution in [0.1, 0.15) is 12.1 Å². The number of nitrogens with zero attached hydrogens (tertiary/aromatic N) is 1. The second kappa shape index (κ2) is 4.59. The van der Waals surface area contributed by atoms with Gasteiger partial charge in [-0.15, -0.1) is 0 Å². The van der Waals surface area contributed by atoms with Gasteiger partial charge in [-0.05, 0) is 28.1 Å². The van der Waals surface area contributed by atoms with Gasteiger partial charge in [0, 0.05) is 0 Å². The van der Waals surface area contributed by atoms with Gasteiger partial charge in [0.05, 0.1) is 4.47 Å². The van der Waals surface area contributed by atoms with Gasteiger partial charge >= 0.3 is 6.61 Å². The first-order valence-electron chi connectivity index (χ1n) is 3.40. The number of pyridine rings is 1. The predicted octanol–water partition coefficient (Wildman–Crippen LogP) is 3.38. The molecule has 0 N–H and O–H groups in total. The highest BCUT2D eigenvalue weighted by molar-refractivity contribution is 9.10. The van der Waals surface area contributed by atoms with Gasteiger partial charge in [0.15, 0.2) is 0 Å². The zero-order chi connectivity index (χ0) is 10.7. The Kier molecular flexibility index (Phi) is 3.68. The highest BCUT2D eigenvalue weighted by Crippen LogP contribution is 2.27. The molecule has 0 saturated heterocycles. The van der Waals surface area contributed by atoms with Crippen molar-refractivity contribution in [1.82, 2.24) is 4.98 Å². The highest BCUT2D eigenvalue weighted by atomic mass is 79.9. The monoisotopic (exact) mass is 273 g/mol. The predicted molar refractivity (Wildman–Crippen MR) is 43.5 cm³/mol. The molecule has 0 aliphatic carbocycles. The summed E-state index contributed by atoms with van der Waals surface area (Å²) in [4.78, 5) is 3.21. The molecule has 0 aromatic carbocycles. The molecule has 2 nitrogen and oxygen atoms in total. The minimum absolute atomic E-state index is 0.0993. The fourth-order valence-electron chi connectivity index (χ4n) is 0.726. The molecule has 1 heterocycles. The molecule has 0 radical (unpaired) electrons. The van der Waals surface area contributed by atoms with Crippen molar-refractivity contribution in [2.24, 2.45) is 0 Å². The van der Waals surface area contributed by atoms with Gasteiger partial charge in [-0.1, -0.05) is 0 Å². The Labute approximate surface area is 85.0 Å². The second-order valence-electron chi connectivity index (χ2n) is 2.20. The minimum atomic E-state index is -3.09. The van der Waals surface area contributed by atoms with Crippen molar-refractivity contribution >= 4 is 15.9 Å². The number of halogens is 5. The lowest BCUT2D eigenvalue weighted by molar-refractivity contribution is -0.0538. The molecule has 14 heavy (non-hydrogen) atoms. The first-order chi connectivity index (χ1) is 6.50. The van der Waals surface area contributed by atoms with E-state index < -0.39 is 24.6 Å². The quantitative estimate of drug-likeness (QED) is 0.788. The third kappa shape index (κ3) is 2.83. The third-order valence-corrected chi connectivity index (χ3v) is 1.86. The summed E-state index contributed by atoms with van der Waals surface area (Å²) in [5.74, 6) is -0.544. The van der Waals surface area contributed by atoms with Crippen molar-refractivity contribution < 1.29 is 22.3 Å². The maximum atomic E-state index is 12.1. The van der Waals surface area contributed by atoms with Crippen molar-refractivity contribution in [3.8, 4) is 5.88 Å². The van der Waals surface area contributed by atoms with Crippen LogP contribution in [0.25, 0.3) is 0 Å². The fraction of sp³-hybridized carbons (Fsp3) is 0.286. The van der Waals surface area contributed by atoms with Crippen LogP contribution >= 0.6 is 15.9 Å². The zero-order valence-electron chi connectivity index (χ0n) is 6.55. The Morgan fingerprint density at radius 1 is 1.21 bits per heavy atom. The van der Waals surface area contributed by atoms with Crippen LogP contribution < -0.4 is 4.74 Å². The van der Waals surface area contributed by atoms with Crippen LogP contribution in [0.4, 0.5) is 17.6 Å². The van der Waals surface area contributed by atoms with Crippen molar-refractivity contribution in [3.05, 3.63) is 22.3 Å². The van der Waals surface area contributed by atoms with E-state index in [9.17, 15) is 17.6 Å². The third-order valence-electron chi connectivity index (χ3n) is 1.26. The largest absolute Gasteiger partial charge is 0.416 e. The Morgan fingerprint density at radius 3 is 2.36 bits per heavy atom. The Bertz CT molecular complexity index is 321. The number of alkyl halides is 4. The molecule has 0 saturated carbocycles. The molecule has 1 rings (SSSR count). The summed E-state index contributed by atoms with van der Waals surface area (Å²) in [5, 5.41) is 0. The van der Waals surface area contributed by atoms with Gasteiger partial charge in [-0.25, -0.2) is 13.8 Å². The van der Waals surface area contributed by atoms with E-state index in [-0.39, 0.29) is 4.47 Å². The average Bonchev–Trinajstić information content (AvgIpc) is 2.07. The lowest BCUT2D eigenvalue weighted by Gasteiger charge is -2.07. The average molecular weight is 274 g/mol. The normalized spacial score (nSPS) is 11.1. The molecule has 78 valence electrons. The molecule has 1 aromatic rings. The molecule has 0 unspecified atom stereocenters. The van der Waals surface area contributed by atoms with Gasteiger partial charge in [0.1, 0.15) is 5.69 Å². The van der Waals surface area contributed by atoms with Gasteiger partial charge in [-0.3, -0.25) is 0 Å². The number of hydrogen-bond donors (Lipinski definition) is 0. The first kappa shape index (κ1) is 11.2. The summed E-state index contributed by atoms with van der Waals surface area (Å²) in [6.07, 6.45) is -2.82. The van der Waals surface area contributed by atoms with Crippen LogP contribution in [0.2, 0.25) is 0 Å². The molecule has 0 atom stereocenters. The summed E-state index contributed by atoms with van der Waals surface area (Å²) in [6.45, 7) is -3.09. The molecule has 0 aliphatic rings. The first-order valence-corrected chi connectivity index (χ1v) is 4.19. The molecular formula is C7H4BrF4NO. The lowest BCUT2D eigenvalue weighted by Crippen LogP contribution is -2.05. The molecule has 1 aromatic heterocycles. The van der Waals surface area contributed by atoms with Crippen LogP contribution in [-0.4, -0.2) is 11.6 Å². The van der Waals surface area contributed by atoms with Gasteiger partial charge in [0.25, 0.3) is 6.43 Å². The summed E-state index contributed by atoms with van der Waals surface area (Å²) >= 11 is 2.84. The van der Waals surface area contributed by atoms with Gasteiger partial charge in [0.2, 0.25) is 5.88 Å². The molecular weight excluding hydrogens is 270 g/mol. The van der Waals surface area contributed by atoms with E-state index in [4.69, 9.17) is 0 Å². The van der Waals surface area contributed by atoms with Crippen LogP contribution in [0.5, 0.6) is 5.88 Å². The van der Waals surface area contributed by atoms with E-state index in [0.29, 0.717) is 0 Å². The zero-order valence-corrected chi connectivity index (χ0v) is 8.14. The highest BCUT2D eigenvalue weighted by Gasteiger charge is 2.14. The second-order valence-corrected chi connectivity index (χ2v) is 3.06. The molecule has 0 aliphatic heterocycles. The van der Waals surface area contributed by atoms with E-state index in [1.54, 1.807) is 0 Å². The number of ether oxygens (including phenoxy) is 1. The maximum absolute atomic E-state index is 12.1. The smallest absolute Gasteiger partial charge is 0.388 e. The van der Waals surface area contributed by atoms with E-state index >= 15 is 0 Å². The maximum Gasteiger partial charge on any atom is 0.388 e. The van der Waals surface area contributed by atoms with Crippen molar-refractivity contribution in [2.45, 2.75) is 13.0 Å². The minimum Gasteiger partial charge on any atom is -0.416 e. The van der Waals surface area contributed by atoms with Crippen LogP contribution in [0, 0.1) is 0 Å². The van der Waals surface area contributed by atoms with Crippen molar-refractivity contribution in [3.63, 3.8) is 0 Å². The van der Waals surface area contributed by atoms with Crippen molar-refractivity contribution in [2.75, 3.05) is 0 Å². The lowest BCUT2D eigenvalue weighted by atomic mass is 10.3. The fourth-order valence-corrected chi connectivity index (χ4v) is 1.04. The molecule has 7 heteroatoms. The van der Waals surface area contributed by atoms with Crippen molar-refractivity contribution in [1.29, 1.82) is 0 Å². The summed E-state index contributed by atoms with van der Waals surface area (Å²) in [6, 6.07) is 2.19. The van der Waals surface area contributed by atoms with Gasteiger partial charge in [-0.2, -0.15) is 8.78 Å². The summed E-state index contributed by atoms with van der Waals surface area (Å²) in [7, 11) is 0. The van der Waals surface area contributed by atoms with E-state index in [2.05, 4.69) is 25.7 Å². The number of aromatic nitrogens is 1. The molecule has 0 spiro atoms. The molecule has 0 fully saturated rings. The number of rotatable bonds is 3. The Balaban J connectivity index is 2.96. The van der Waals surface area contributed by atoms with Crippen LogP contribution in [0.3, 0.4) is 0 Å². The van der Waals surface area contributed by atoms with Gasteiger partial charge < -0.3 is 4.74 Å². The standard InChI is InChI=1S/C7H4BrF4NO/c8-3-1-2-4(5(9)10)13-6(3)14-7(11)12/h1-2,5,7H. The Morgan fingerprint density at radius 2 is 1.86 bits per heavy atom. The summed E-state index contributed by atoms with van der Waals surface area (Å²) in [5.41, 5.74) is -0.608. The van der Waals surface area contributed by atoms with E-state index in [0.717, 1.165) is 6.07 Å². The molecule has 0 amide bonds. The SMILES string of the molecule is FC(F)Oc1nc(C(F)F)ccc1Br. The topological polar surface area (TPSA) is 22.1 Å². The van der Waals surface area contributed by atoms with E-state index in [1.165, 1.54) is 6.07 Å². The number of hydrogen-bond acceptors (Lipinski definition) is 2. The van der Waals surface area contributed by atoms with E-state index in [1.807, 2.05) is 0 Å². The van der Waals surface area contributed by atoms with Crippen LogP contribution in [-0.2, 0) is 0 Å². The Hall–Kier alpha value is -0.850.